The molecule has 2 N–H and O–H groups in total. The van der Waals surface area contributed by atoms with Gasteiger partial charge in [0.25, 0.3) is 0 Å². The number of benzene rings is 1. The van der Waals surface area contributed by atoms with Crippen molar-refractivity contribution in [3.63, 3.8) is 0 Å². The zero-order chi connectivity index (χ0) is 18.5. The minimum atomic E-state index is -0.196. The van der Waals surface area contributed by atoms with Crippen molar-refractivity contribution in [2.45, 2.75) is 30.8 Å². The summed E-state index contributed by atoms with van der Waals surface area (Å²) in [6.45, 7) is 1.58. The van der Waals surface area contributed by atoms with Crippen molar-refractivity contribution in [3.05, 3.63) is 52.1 Å². The van der Waals surface area contributed by atoms with E-state index in [4.69, 9.17) is 0 Å². The number of rotatable bonds is 7. The summed E-state index contributed by atoms with van der Waals surface area (Å²) >= 11 is 1.36. The van der Waals surface area contributed by atoms with E-state index in [0.717, 1.165) is 47.8 Å². The molecule has 1 heterocycles. The molecule has 1 aromatic heterocycles. The van der Waals surface area contributed by atoms with Crippen LogP contribution in [0.3, 0.4) is 0 Å². The number of para-hydroxylation sites is 1. The number of carbonyl (C=O) groups is 1. The molecule has 6 nitrogen and oxygen atoms in total. The Kier molecular flexibility index (Phi) is 6.11. The van der Waals surface area contributed by atoms with E-state index >= 15 is 0 Å². The van der Waals surface area contributed by atoms with Gasteiger partial charge in [-0.1, -0.05) is 30.0 Å². The van der Waals surface area contributed by atoms with Gasteiger partial charge in [-0.2, -0.15) is 4.98 Å². The maximum atomic E-state index is 12.5. The molecule has 1 amide bonds. The quantitative estimate of drug-likeness (QED) is 0.551. The van der Waals surface area contributed by atoms with Crippen LogP contribution in [0.1, 0.15) is 17.7 Å². The third kappa shape index (κ3) is 4.53. The molecule has 0 bridgehead atoms. The number of quaternary nitrogens is 1. The van der Waals surface area contributed by atoms with Crippen molar-refractivity contribution in [3.8, 4) is 0 Å². The van der Waals surface area contributed by atoms with E-state index in [1.807, 2.05) is 34.9 Å². The molecule has 138 valence electrons. The van der Waals surface area contributed by atoms with Gasteiger partial charge in [0, 0.05) is 16.9 Å². The fourth-order valence-electron chi connectivity index (χ4n) is 3.12. The summed E-state index contributed by atoms with van der Waals surface area (Å²) in [6, 6.07) is 9.38. The molecule has 0 aliphatic heterocycles. The van der Waals surface area contributed by atoms with E-state index in [2.05, 4.69) is 24.4 Å². The van der Waals surface area contributed by atoms with Crippen molar-refractivity contribution in [1.29, 1.82) is 0 Å². The average Bonchev–Trinajstić information content (AvgIpc) is 3.09. The normalized spacial score (nSPS) is 13.0. The summed E-state index contributed by atoms with van der Waals surface area (Å²) < 4.78 is 1.82. The van der Waals surface area contributed by atoms with Crippen LogP contribution in [0.4, 0.5) is 5.69 Å². The Hall–Kier alpha value is -2.12. The minimum absolute atomic E-state index is 0.0878. The largest absolute Gasteiger partial charge is 0.349 e. The first kappa shape index (κ1) is 18.7. The molecule has 1 aliphatic carbocycles. The second-order valence-electron chi connectivity index (χ2n) is 6.79. The zero-order valence-electron chi connectivity index (χ0n) is 15.2. The van der Waals surface area contributed by atoms with Crippen LogP contribution in [0.2, 0.25) is 0 Å². The number of hydrogen-bond acceptors (Lipinski definition) is 4. The highest BCUT2D eigenvalue weighted by Crippen LogP contribution is 2.29. The summed E-state index contributed by atoms with van der Waals surface area (Å²) in [6.07, 6.45) is 2.89. The van der Waals surface area contributed by atoms with Crippen molar-refractivity contribution >= 4 is 23.4 Å². The summed E-state index contributed by atoms with van der Waals surface area (Å²) in [4.78, 5) is 30.2. The Bertz CT molecular complexity index is 833. The van der Waals surface area contributed by atoms with Gasteiger partial charge < -0.3 is 10.2 Å². The van der Waals surface area contributed by atoms with Gasteiger partial charge in [0.1, 0.15) is 5.03 Å². The molecule has 2 aromatic rings. The van der Waals surface area contributed by atoms with Crippen LogP contribution >= 0.6 is 11.8 Å². The minimum Gasteiger partial charge on any atom is -0.338 e. The number of carbonyl (C=O) groups excluding carboxylic acids is 1. The summed E-state index contributed by atoms with van der Waals surface area (Å²) in [7, 11) is 4.16. The molecule has 0 saturated carbocycles. The number of hydrogen-bond donors (Lipinski definition) is 2. The van der Waals surface area contributed by atoms with Gasteiger partial charge >= 0.3 is 5.69 Å². The maximum Gasteiger partial charge on any atom is 0.349 e. The van der Waals surface area contributed by atoms with Crippen LogP contribution < -0.4 is 15.9 Å². The monoisotopic (exact) mass is 373 g/mol. The van der Waals surface area contributed by atoms with Gasteiger partial charge in [0.05, 0.1) is 32.9 Å². The molecule has 0 radical (unpaired) electrons. The Morgan fingerprint density at radius 1 is 1.27 bits per heavy atom. The lowest BCUT2D eigenvalue weighted by Crippen LogP contribution is -3.06. The van der Waals surface area contributed by atoms with E-state index < -0.39 is 0 Å². The van der Waals surface area contributed by atoms with E-state index in [-0.39, 0.29) is 17.3 Å². The molecule has 1 aliphatic rings. The first-order valence-electron chi connectivity index (χ1n) is 8.94. The lowest BCUT2D eigenvalue weighted by atomic mass is 10.2. The highest BCUT2D eigenvalue weighted by atomic mass is 32.2. The van der Waals surface area contributed by atoms with Gasteiger partial charge in [0.2, 0.25) is 5.91 Å². The fraction of sp³-hybridized carbons (Fsp3) is 0.421. The van der Waals surface area contributed by atoms with E-state index in [0.29, 0.717) is 6.54 Å². The zero-order valence-corrected chi connectivity index (χ0v) is 16.1. The fourth-order valence-corrected chi connectivity index (χ4v) is 4.00. The Morgan fingerprint density at radius 3 is 2.77 bits per heavy atom. The van der Waals surface area contributed by atoms with Crippen molar-refractivity contribution < 1.29 is 9.69 Å². The van der Waals surface area contributed by atoms with Gasteiger partial charge in [0.15, 0.2) is 0 Å². The molecular formula is C19H25N4O2S+. The highest BCUT2D eigenvalue weighted by Gasteiger charge is 2.22. The second kappa shape index (κ2) is 8.51. The predicted octanol–water partition coefficient (Wildman–Crippen LogP) is 0.607. The Balaban J connectivity index is 1.71. The van der Waals surface area contributed by atoms with E-state index in [1.54, 1.807) is 0 Å². The SMILES string of the molecule is C[NH+](C)CCn1c2c(c(SCC(=O)Nc3ccccc3)nc1=O)CCC2. The molecular weight excluding hydrogens is 348 g/mol. The molecule has 0 unspecified atom stereocenters. The Labute approximate surface area is 157 Å². The smallest absolute Gasteiger partial charge is 0.338 e. The number of amides is 1. The number of nitrogens with one attached hydrogen (secondary N) is 2. The molecule has 0 spiro atoms. The topological polar surface area (TPSA) is 68.4 Å². The van der Waals surface area contributed by atoms with Crippen molar-refractivity contribution in [1.82, 2.24) is 9.55 Å². The van der Waals surface area contributed by atoms with Gasteiger partial charge in [-0.15, -0.1) is 0 Å². The lowest BCUT2D eigenvalue weighted by Gasteiger charge is -2.15. The maximum absolute atomic E-state index is 12.5. The van der Waals surface area contributed by atoms with Crippen LogP contribution in [0.5, 0.6) is 0 Å². The third-order valence-corrected chi connectivity index (χ3v) is 5.45. The molecule has 1 aromatic carbocycles. The van der Waals surface area contributed by atoms with Gasteiger partial charge in [-0.25, -0.2) is 4.79 Å². The summed E-state index contributed by atoms with van der Waals surface area (Å²) in [5.74, 6) is 0.162. The molecule has 26 heavy (non-hydrogen) atoms. The van der Waals surface area contributed by atoms with Crippen molar-refractivity contribution in [2.24, 2.45) is 0 Å². The predicted molar refractivity (Wildman–Crippen MR) is 104 cm³/mol. The van der Waals surface area contributed by atoms with Crippen molar-refractivity contribution in [2.75, 3.05) is 31.7 Å². The summed E-state index contributed by atoms with van der Waals surface area (Å²) in [5.41, 5.74) is 2.84. The van der Waals surface area contributed by atoms with Crippen LogP contribution in [-0.2, 0) is 24.2 Å². The van der Waals surface area contributed by atoms with E-state index in [1.165, 1.54) is 16.7 Å². The van der Waals surface area contributed by atoms with Crippen LogP contribution in [0, 0.1) is 0 Å². The summed E-state index contributed by atoms with van der Waals surface area (Å²) in [5, 5.41) is 3.59. The first-order chi connectivity index (χ1) is 12.5. The second-order valence-corrected chi connectivity index (χ2v) is 7.75. The number of fused-ring (bicyclic) bond motifs is 1. The number of likely N-dealkylation sites (N-methyl/N-ethyl adjacent to an activating group) is 1. The molecule has 3 rings (SSSR count). The van der Waals surface area contributed by atoms with Crippen LogP contribution in [0.15, 0.2) is 40.2 Å². The average molecular weight is 374 g/mol. The third-order valence-electron chi connectivity index (χ3n) is 4.43. The lowest BCUT2D eigenvalue weighted by molar-refractivity contribution is -0.859. The number of aromatic nitrogens is 2. The highest BCUT2D eigenvalue weighted by molar-refractivity contribution is 8.00. The molecule has 0 saturated heterocycles. The number of nitrogens with zero attached hydrogens (tertiary/aromatic N) is 2. The van der Waals surface area contributed by atoms with Gasteiger partial charge in [-0.3, -0.25) is 9.36 Å². The molecule has 0 fully saturated rings. The number of anilines is 1. The molecule has 7 heteroatoms. The van der Waals surface area contributed by atoms with E-state index in [9.17, 15) is 9.59 Å². The van der Waals surface area contributed by atoms with Gasteiger partial charge in [-0.05, 0) is 31.4 Å². The first-order valence-corrected chi connectivity index (χ1v) is 9.92. The molecule has 0 atom stereocenters. The Morgan fingerprint density at radius 2 is 2.04 bits per heavy atom. The van der Waals surface area contributed by atoms with Crippen LogP contribution in [0.25, 0.3) is 0 Å². The standard InChI is InChI=1S/C19H24N4O2S/c1-22(2)11-12-23-16-10-6-9-15(16)18(21-19(23)25)26-13-17(24)20-14-7-4-3-5-8-14/h3-5,7-8H,6,9-13H2,1-2H3,(H,20,24)/p+1. The van der Waals surface area contributed by atoms with Crippen LogP contribution in [-0.4, -0.2) is 41.9 Å². The number of thioether (sulfide) groups is 1.